The topological polar surface area (TPSA) is 57.5 Å². The van der Waals surface area contributed by atoms with E-state index in [1.165, 1.54) is 11.8 Å². The summed E-state index contributed by atoms with van der Waals surface area (Å²) in [6, 6.07) is 16.6. The van der Waals surface area contributed by atoms with Crippen molar-refractivity contribution in [2.45, 2.75) is 15.9 Å². The molecule has 4 heteroatoms. The van der Waals surface area contributed by atoms with Crippen LogP contribution in [0.5, 0.6) is 0 Å². The maximum Gasteiger partial charge on any atom is 0.337 e. The second-order valence-corrected chi connectivity index (χ2v) is 4.81. The Bertz CT molecular complexity index is 540. The van der Waals surface area contributed by atoms with Crippen LogP contribution in [0.3, 0.4) is 0 Å². The van der Waals surface area contributed by atoms with Crippen LogP contribution >= 0.6 is 11.8 Å². The summed E-state index contributed by atoms with van der Waals surface area (Å²) in [7, 11) is 0. The molecule has 0 bridgehead atoms. The predicted octanol–water partition coefficient (Wildman–Crippen LogP) is 2.96. The lowest BCUT2D eigenvalue weighted by Gasteiger charge is -2.11. The molecule has 1 atom stereocenters. The molecule has 0 radical (unpaired) electrons. The molecule has 2 aromatic carbocycles. The fourth-order valence-electron chi connectivity index (χ4n) is 1.55. The highest BCUT2D eigenvalue weighted by Crippen LogP contribution is 2.33. The molecule has 0 saturated heterocycles. The Labute approximate surface area is 109 Å². The molecule has 0 aliphatic heterocycles. The van der Waals surface area contributed by atoms with Gasteiger partial charge in [0.05, 0.1) is 0 Å². The van der Waals surface area contributed by atoms with Crippen molar-refractivity contribution in [2.75, 3.05) is 0 Å². The van der Waals surface area contributed by atoms with Crippen molar-refractivity contribution in [1.29, 1.82) is 0 Å². The van der Waals surface area contributed by atoms with Gasteiger partial charge in [-0.25, -0.2) is 4.79 Å². The zero-order valence-electron chi connectivity index (χ0n) is 9.48. The molecule has 0 saturated carbocycles. The molecule has 0 amide bonds. The lowest BCUT2D eigenvalue weighted by Crippen LogP contribution is -2.11. The monoisotopic (exact) mass is 260 g/mol. The average molecular weight is 260 g/mol. The number of benzene rings is 2. The number of aliphatic carboxylic acids is 1. The number of carbonyl (C=O) groups is 1. The maximum atomic E-state index is 10.8. The Balaban J connectivity index is 2.31. The van der Waals surface area contributed by atoms with Crippen molar-refractivity contribution in [3.63, 3.8) is 0 Å². The van der Waals surface area contributed by atoms with Gasteiger partial charge in [-0.05, 0) is 18.2 Å². The molecule has 0 heterocycles. The first-order valence-corrected chi connectivity index (χ1v) is 6.23. The van der Waals surface area contributed by atoms with Crippen molar-refractivity contribution >= 4 is 17.7 Å². The summed E-state index contributed by atoms with van der Waals surface area (Å²) in [5.41, 5.74) is 0.416. The summed E-state index contributed by atoms with van der Waals surface area (Å²) in [6.07, 6.45) is -1.49. The zero-order valence-corrected chi connectivity index (χ0v) is 10.3. The Morgan fingerprint density at radius 2 is 1.61 bits per heavy atom. The van der Waals surface area contributed by atoms with Gasteiger partial charge in [0.15, 0.2) is 6.10 Å². The highest BCUT2D eigenvalue weighted by Gasteiger charge is 2.19. The summed E-state index contributed by atoms with van der Waals surface area (Å²) in [5, 5.41) is 18.5. The minimum absolute atomic E-state index is 0.416. The normalized spacial score (nSPS) is 12.1. The van der Waals surface area contributed by atoms with E-state index in [0.29, 0.717) is 5.56 Å². The Morgan fingerprint density at radius 1 is 1.00 bits per heavy atom. The van der Waals surface area contributed by atoms with Crippen molar-refractivity contribution in [2.24, 2.45) is 0 Å². The first-order chi connectivity index (χ1) is 8.68. The van der Waals surface area contributed by atoms with Crippen LogP contribution in [0.1, 0.15) is 11.7 Å². The van der Waals surface area contributed by atoms with Crippen molar-refractivity contribution < 1.29 is 15.0 Å². The predicted molar refractivity (Wildman–Crippen MR) is 69.6 cm³/mol. The summed E-state index contributed by atoms with van der Waals surface area (Å²) in [6.45, 7) is 0. The van der Waals surface area contributed by atoms with Gasteiger partial charge in [-0.15, -0.1) is 0 Å². The third-order valence-electron chi connectivity index (χ3n) is 2.42. The second kappa shape index (κ2) is 5.71. The quantitative estimate of drug-likeness (QED) is 0.887. The highest BCUT2D eigenvalue weighted by atomic mass is 32.2. The van der Waals surface area contributed by atoms with E-state index in [1.807, 2.05) is 36.4 Å². The summed E-state index contributed by atoms with van der Waals surface area (Å²) in [4.78, 5) is 12.6. The first-order valence-electron chi connectivity index (χ1n) is 5.41. The van der Waals surface area contributed by atoms with E-state index in [9.17, 15) is 9.90 Å². The van der Waals surface area contributed by atoms with Gasteiger partial charge < -0.3 is 10.2 Å². The summed E-state index contributed by atoms with van der Waals surface area (Å²) < 4.78 is 0. The maximum absolute atomic E-state index is 10.8. The third kappa shape index (κ3) is 2.91. The molecular weight excluding hydrogens is 248 g/mol. The minimum Gasteiger partial charge on any atom is -0.479 e. The number of rotatable bonds is 4. The third-order valence-corrected chi connectivity index (χ3v) is 3.52. The average Bonchev–Trinajstić information content (AvgIpc) is 2.39. The van der Waals surface area contributed by atoms with E-state index >= 15 is 0 Å². The number of aliphatic hydroxyl groups excluding tert-OH is 1. The molecule has 0 fully saturated rings. The van der Waals surface area contributed by atoms with Gasteiger partial charge >= 0.3 is 5.97 Å². The molecule has 2 rings (SSSR count). The molecule has 2 aromatic rings. The molecule has 1 unspecified atom stereocenters. The van der Waals surface area contributed by atoms with Crippen LogP contribution in [0.2, 0.25) is 0 Å². The van der Waals surface area contributed by atoms with Gasteiger partial charge in [0.2, 0.25) is 0 Å². The van der Waals surface area contributed by atoms with Crippen LogP contribution in [0.4, 0.5) is 0 Å². The molecule has 92 valence electrons. The van der Waals surface area contributed by atoms with Crippen LogP contribution in [-0.4, -0.2) is 16.2 Å². The van der Waals surface area contributed by atoms with E-state index in [-0.39, 0.29) is 0 Å². The summed E-state index contributed by atoms with van der Waals surface area (Å²) >= 11 is 1.44. The van der Waals surface area contributed by atoms with Crippen molar-refractivity contribution in [1.82, 2.24) is 0 Å². The van der Waals surface area contributed by atoms with Crippen molar-refractivity contribution in [3.05, 3.63) is 60.2 Å². The van der Waals surface area contributed by atoms with Gasteiger partial charge in [0, 0.05) is 15.4 Å². The van der Waals surface area contributed by atoms with Gasteiger partial charge in [-0.3, -0.25) is 0 Å². The largest absolute Gasteiger partial charge is 0.479 e. The van der Waals surface area contributed by atoms with E-state index in [0.717, 1.165) is 9.79 Å². The number of hydrogen-bond donors (Lipinski definition) is 2. The summed E-state index contributed by atoms with van der Waals surface area (Å²) in [5.74, 6) is -1.24. The smallest absolute Gasteiger partial charge is 0.337 e. The fourth-order valence-corrected chi connectivity index (χ4v) is 2.54. The number of carboxylic acids is 1. The van der Waals surface area contributed by atoms with Crippen LogP contribution in [0, 0.1) is 0 Å². The Hall–Kier alpha value is -1.78. The van der Waals surface area contributed by atoms with Gasteiger partial charge in [-0.2, -0.15) is 0 Å². The van der Waals surface area contributed by atoms with Crippen LogP contribution < -0.4 is 0 Å². The molecule has 2 N–H and O–H groups in total. The number of aliphatic hydroxyl groups is 1. The molecule has 0 aliphatic rings. The standard InChI is InChI=1S/C14H12O3S/c15-13(14(16)17)11-8-4-5-9-12(11)18-10-6-2-1-3-7-10/h1-9,13,15H,(H,16,17). The van der Waals surface area contributed by atoms with E-state index < -0.39 is 12.1 Å². The zero-order chi connectivity index (χ0) is 13.0. The number of carboxylic acid groups (broad SMARTS) is 1. The van der Waals surface area contributed by atoms with Crippen LogP contribution in [0.15, 0.2) is 64.4 Å². The van der Waals surface area contributed by atoms with Gasteiger partial charge in [0.1, 0.15) is 0 Å². The van der Waals surface area contributed by atoms with Crippen molar-refractivity contribution in [3.8, 4) is 0 Å². The molecule has 0 spiro atoms. The molecule has 18 heavy (non-hydrogen) atoms. The minimum atomic E-state index is -1.49. The van der Waals surface area contributed by atoms with E-state index in [1.54, 1.807) is 18.2 Å². The lowest BCUT2D eigenvalue weighted by atomic mass is 10.1. The first kappa shape index (κ1) is 12.7. The molecule has 3 nitrogen and oxygen atoms in total. The van der Waals surface area contributed by atoms with E-state index in [4.69, 9.17) is 5.11 Å². The molecular formula is C14H12O3S. The van der Waals surface area contributed by atoms with Gasteiger partial charge in [0.25, 0.3) is 0 Å². The SMILES string of the molecule is O=C(O)C(O)c1ccccc1Sc1ccccc1. The Kier molecular flexibility index (Phi) is 4.02. The van der Waals surface area contributed by atoms with Gasteiger partial charge in [-0.1, -0.05) is 48.2 Å². The van der Waals surface area contributed by atoms with Crippen LogP contribution in [-0.2, 0) is 4.79 Å². The van der Waals surface area contributed by atoms with Crippen LogP contribution in [0.25, 0.3) is 0 Å². The molecule has 0 aromatic heterocycles. The van der Waals surface area contributed by atoms with E-state index in [2.05, 4.69) is 0 Å². The Morgan fingerprint density at radius 3 is 2.28 bits per heavy atom. The lowest BCUT2D eigenvalue weighted by molar-refractivity contribution is -0.147. The highest BCUT2D eigenvalue weighted by molar-refractivity contribution is 7.99. The number of hydrogen-bond acceptors (Lipinski definition) is 3. The fraction of sp³-hybridized carbons (Fsp3) is 0.0714. The molecule has 0 aliphatic carbocycles. The second-order valence-electron chi connectivity index (χ2n) is 3.69.